The van der Waals surface area contributed by atoms with Gasteiger partial charge in [0.2, 0.25) is 5.91 Å². The first-order chi connectivity index (χ1) is 14.0. The van der Waals surface area contributed by atoms with Crippen molar-refractivity contribution < 1.29 is 13.2 Å². The molecule has 2 aromatic carbocycles. The van der Waals surface area contributed by atoms with Crippen LogP contribution in [0, 0.1) is 5.92 Å². The zero-order valence-corrected chi connectivity index (χ0v) is 17.5. The number of aryl methyl sites for hydroxylation is 1. The maximum Gasteiger partial charge on any atom is 0.264 e. The molecular weight excluding hydrogens is 384 g/mol. The Morgan fingerprint density at radius 2 is 1.79 bits per heavy atom. The van der Waals surface area contributed by atoms with E-state index in [2.05, 4.69) is 0 Å². The number of carbonyl (C=O) groups is 1. The van der Waals surface area contributed by atoms with Gasteiger partial charge in [-0.2, -0.15) is 0 Å². The van der Waals surface area contributed by atoms with Gasteiger partial charge in [-0.1, -0.05) is 24.6 Å². The number of sulfonamides is 1. The Labute approximate surface area is 172 Å². The van der Waals surface area contributed by atoms with Crippen molar-refractivity contribution >= 4 is 27.3 Å². The van der Waals surface area contributed by atoms with Crippen LogP contribution >= 0.6 is 0 Å². The molecule has 29 heavy (non-hydrogen) atoms. The molecule has 0 bridgehead atoms. The van der Waals surface area contributed by atoms with Crippen molar-refractivity contribution in [3.63, 3.8) is 0 Å². The fourth-order valence-electron chi connectivity index (χ4n) is 4.83. The Morgan fingerprint density at radius 1 is 1.00 bits per heavy atom. The van der Waals surface area contributed by atoms with Crippen molar-refractivity contribution in [3.05, 3.63) is 53.6 Å². The van der Waals surface area contributed by atoms with E-state index in [-0.39, 0.29) is 17.9 Å². The van der Waals surface area contributed by atoms with Gasteiger partial charge in [0.1, 0.15) is 0 Å². The van der Waals surface area contributed by atoms with Crippen LogP contribution in [0.15, 0.2) is 47.4 Å². The minimum atomic E-state index is -3.63. The van der Waals surface area contributed by atoms with Crippen LogP contribution in [0.5, 0.6) is 0 Å². The van der Waals surface area contributed by atoms with E-state index in [9.17, 15) is 13.2 Å². The average molecular weight is 411 g/mol. The number of benzene rings is 2. The van der Waals surface area contributed by atoms with E-state index in [1.165, 1.54) is 0 Å². The van der Waals surface area contributed by atoms with Crippen molar-refractivity contribution in [2.45, 2.75) is 56.4 Å². The Balaban J connectivity index is 1.49. The smallest absolute Gasteiger partial charge is 0.264 e. The number of fused-ring (bicyclic) bond motifs is 2. The molecule has 2 aliphatic heterocycles. The fourth-order valence-corrected chi connectivity index (χ4v) is 6.42. The quantitative estimate of drug-likeness (QED) is 0.771. The number of nitrogens with zero attached hydrogens (tertiary/aromatic N) is 2. The molecule has 6 heteroatoms. The third kappa shape index (κ3) is 2.96. The molecule has 0 N–H and O–H groups in total. The summed E-state index contributed by atoms with van der Waals surface area (Å²) in [5.74, 6) is 0.333. The lowest BCUT2D eigenvalue weighted by molar-refractivity contribution is -0.125. The molecule has 0 radical (unpaired) electrons. The standard InChI is InChI=1S/C23H26N2O3S/c1-16-14-19-15-20(11-12-22(19)25(16)23(26)18-7-4-8-18)29(27,28)24-13-5-9-17-6-2-3-10-21(17)24/h2-3,6,10-12,15-16,18H,4-5,7-9,13-14H2,1H3/t16-/m1/s1. The minimum Gasteiger partial charge on any atom is -0.309 e. The van der Waals surface area contributed by atoms with Crippen molar-refractivity contribution in [1.82, 2.24) is 0 Å². The second-order valence-electron chi connectivity index (χ2n) is 8.49. The van der Waals surface area contributed by atoms with Gasteiger partial charge in [0.25, 0.3) is 10.0 Å². The molecule has 5 nitrogen and oxygen atoms in total. The van der Waals surface area contributed by atoms with Crippen molar-refractivity contribution in [2.24, 2.45) is 5.92 Å². The molecule has 0 aromatic heterocycles. The van der Waals surface area contributed by atoms with E-state index in [0.29, 0.717) is 17.9 Å². The highest BCUT2D eigenvalue weighted by atomic mass is 32.2. The van der Waals surface area contributed by atoms with Crippen LogP contribution in [0.1, 0.15) is 43.7 Å². The molecule has 1 atom stereocenters. The van der Waals surface area contributed by atoms with Gasteiger partial charge in [-0.3, -0.25) is 9.10 Å². The van der Waals surface area contributed by atoms with Gasteiger partial charge in [0, 0.05) is 24.2 Å². The van der Waals surface area contributed by atoms with E-state index >= 15 is 0 Å². The first kappa shape index (κ1) is 18.7. The Kier molecular flexibility index (Phi) is 4.42. The highest BCUT2D eigenvalue weighted by Gasteiger charge is 2.38. The van der Waals surface area contributed by atoms with Gasteiger partial charge in [0.05, 0.1) is 10.6 Å². The molecule has 2 heterocycles. The second kappa shape index (κ2) is 6.87. The van der Waals surface area contributed by atoms with E-state index in [1.807, 2.05) is 42.2 Å². The normalized spacial score (nSPS) is 21.5. The zero-order valence-electron chi connectivity index (χ0n) is 16.7. The predicted octanol–water partition coefficient (Wildman–Crippen LogP) is 3.91. The van der Waals surface area contributed by atoms with E-state index in [4.69, 9.17) is 0 Å². The van der Waals surface area contributed by atoms with Crippen molar-refractivity contribution in [2.75, 3.05) is 15.7 Å². The lowest BCUT2D eigenvalue weighted by Gasteiger charge is -2.32. The summed E-state index contributed by atoms with van der Waals surface area (Å²) >= 11 is 0. The number of carbonyl (C=O) groups excluding carboxylic acids is 1. The zero-order chi connectivity index (χ0) is 20.2. The molecular formula is C23H26N2O3S. The lowest BCUT2D eigenvalue weighted by atomic mass is 9.84. The highest BCUT2D eigenvalue weighted by molar-refractivity contribution is 7.92. The Bertz CT molecular complexity index is 1080. The van der Waals surface area contributed by atoms with Crippen molar-refractivity contribution in [3.8, 4) is 0 Å². The molecule has 0 unspecified atom stereocenters. The summed E-state index contributed by atoms with van der Waals surface area (Å²) < 4.78 is 28.5. The molecule has 152 valence electrons. The average Bonchev–Trinajstić information content (AvgIpc) is 3.01. The summed E-state index contributed by atoms with van der Waals surface area (Å²) in [5.41, 5.74) is 3.70. The predicted molar refractivity (Wildman–Crippen MR) is 114 cm³/mol. The topological polar surface area (TPSA) is 57.7 Å². The molecule has 5 rings (SSSR count). The molecule has 0 spiro atoms. The minimum absolute atomic E-state index is 0.0757. The maximum absolute atomic E-state index is 13.5. The number of para-hydroxylation sites is 1. The number of anilines is 2. The van der Waals surface area contributed by atoms with Crippen LogP contribution in [0.2, 0.25) is 0 Å². The summed E-state index contributed by atoms with van der Waals surface area (Å²) in [7, 11) is -3.63. The first-order valence-corrected chi connectivity index (χ1v) is 12.0. The fraction of sp³-hybridized carbons (Fsp3) is 0.435. The van der Waals surface area contributed by atoms with Gasteiger partial charge in [-0.25, -0.2) is 8.42 Å². The van der Waals surface area contributed by atoms with Crippen molar-refractivity contribution in [1.29, 1.82) is 0 Å². The molecule has 2 aromatic rings. The number of hydrogen-bond donors (Lipinski definition) is 0. The van der Waals surface area contributed by atoms with Gasteiger partial charge in [-0.15, -0.1) is 0 Å². The first-order valence-electron chi connectivity index (χ1n) is 10.5. The summed E-state index contributed by atoms with van der Waals surface area (Å²) in [4.78, 5) is 15.1. The SMILES string of the molecule is C[C@@H]1Cc2cc(S(=O)(=O)N3CCCc4ccccc43)ccc2N1C(=O)C1CCC1. The molecule has 1 amide bonds. The van der Waals surface area contributed by atoms with Crippen LogP contribution < -0.4 is 9.21 Å². The molecule has 1 fully saturated rings. The Hall–Kier alpha value is -2.34. The summed E-state index contributed by atoms with van der Waals surface area (Å²) in [6.07, 6.45) is 5.49. The lowest BCUT2D eigenvalue weighted by Crippen LogP contribution is -2.42. The third-order valence-corrected chi connectivity index (χ3v) is 8.42. The molecule has 1 aliphatic carbocycles. The number of hydrogen-bond acceptors (Lipinski definition) is 3. The molecule has 0 saturated heterocycles. The van der Waals surface area contributed by atoms with Gasteiger partial charge >= 0.3 is 0 Å². The van der Waals surface area contributed by atoms with Gasteiger partial charge in [0.15, 0.2) is 0 Å². The maximum atomic E-state index is 13.5. The second-order valence-corrected chi connectivity index (χ2v) is 10.4. The van der Waals surface area contributed by atoms with Crippen LogP contribution in [0.25, 0.3) is 0 Å². The van der Waals surface area contributed by atoms with E-state index in [1.54, 1.807) is 16.4 Å². The monoisotopic (exact) mass is 410 g/mol. The Morgan fingerprint density at radius 3 is 2.55 bits per heavy atom. The molecule has 1 saturated carbocycles. The highest BCUT2D eigenvalue weighted by Crippen LogP contribution is 2.39. The number of amides is 1. The van der Waals surface area contributed by atoms with E-state index < -0.39 is 10.0 Å². The number of rotatable bonds is 3. The summed E-state index contributed by atoms with van der Waals surface area (Å²) in [6.45, 7) is 2.55. The third-order valence-electron chi connectivity index (χ3n) is 6.61. The van der Waals surface area contributed by atoms with E-state index in [0.717, 1.165) is 54.6 Å². The summed E-state index contributed by atoms with van der Waals surface area (Å²) in [5, 5.41) is 0. The van der Waals surface area contributed by atoms with Gasteiger partial charge < -0.3 is 4.90 Å². The van der Waals surface area contributed by atoms with Gasteiger partial charge in [-0.05, 0) is 74.4 Å². The molecule has 3 aliphatic rings. The van der Waals surface area contributed by atoms with Crippen LogP contribution in [-0.2, 0) is 27.7 Å². The van der Waals surface area contributed by atoms with Crippen LogP contribution in [0.3, 0.4) is 0 Å². The summed E-state index contributed by atoms with van der Waals surface area (Å²) in [6, 6.07) is 13.1. The largest absolute Gasteiger partial charge is 0.309 e. The van der Waals surface area contributed by atoms with Crippen LogP contribution in [-0.4, -0.2) is 26.9 Å². The van der Waals surface area contributed by atoms with Crippen LogP contribution in [0.4, 0.5) is 11.4 Å².